The van der Waals surface area contributed by atoms with Crippen LogP contribution in [-0.2, 0) is 9.53 Å². The molecule has 0 saturated heterocycles. The molecule has 0 amide bonds. The molecular weight excluding hydrogens is 248 g/mol. The highest BCUT2D eigenvalue weighted by molar-refractivity contribution is 5.98. The van der Waals surface area contributed by atoms with Gasteiger partial charge in [0.25, 0.3) is 5.69 Å². The summed E-state index contributed by atoms with van der Waals surface area (Å²) in [7, 11) is 0. The van der Waals surface area contributed by atoms with Crippen molar-refractivity contribution in [3.63, 3.8) is 0 Å². The van der Waals surface area contributed by atoms with Gasteiger partial charge in [0.15, 0.2) is 0 Å². The molecule has 0 fully saturated rings. The van der Waals surface area contributed by atoms with Gasteiger partial charge in [0, 0.05) is 12.1 Å². The van der Waals surface area contributed by atoms with Gasteiger partial charge >= 0.3 is 5.97 Å². The van der Waals surface area contributed by atoms with Gasteiger partial charge in [-0.05, 0) is 25.5 Å². The zero-order valence-corrected chi connectivity index (χ0v) is 10.5. The number of nitro groups is 1. The number of rotatable bonds is 4. The molecule has 19 heavy (non-hydrogen) atoms. The number of nitro benzene ring substituents is 1. The molecule has 6 heteroatoms. The fourth-order valence-electron chi connectivity index (χ4n) is 1.31. The van der Waals surface area contributed by atoms with Crippen LogP contribution in [0.4, 0.5) is 5.69 Å². The van der Waals surface area contributed by atoms with E-state index in [1.165, 1.54) is 24.3 Å². The first-order valence-corrected chi connectivity index (χ1v) is 5.51. The molecule has 1 aromatic carbocycles. The molecule has 0 spiro atoms. The van der Waals surface area contributed by atoms with Crippen LogP contribution in [0, 0.1) is 21.4 Å². The average molecular weight is 260 g/mol. The summed E-state index contributed by atoms with van der Waals surface area (Å²) in [5.74, 6) is -0.746. The summed E-state index contributed by atoms with van der Waals surface area (Å²) in [5.41, 5.74) is 0.0870. The third-order valence-electron chi connectivity index (χ3n) is 2.08. The first-order chi connectivity index (χ1) is 8.93. The first kappa shape index (κ1) is 14.4. The number of ether oxygens (including phenoxy) is 1. The topological polar surface area (TPSA) is 93.2 Å². The van der Waals surface area contributed by atoms with Gasteiger partial charge in [-0.25, -0.2) is 4.79 Å². The molecule has 0 heterocycles. The van der Waals surface area contributed by atoms with Gasteiger partial charge in [-0.2, -0.15) is 5.26 Å². The second kappa shape index (κ2) is 6.31. The van der Waals surface area contributed by atoms with Crippen molar-refractivity contribution in [2.45, 2.75) is 20.0 Å². The molecule has 0 aliphatic rings. The molecule has 98 valence electrons. The molecule has 0 bridgehead atoms. The Morgan fingerprint density at radius 1 is 1.53 bits per heavy atom. The summed E-state index contributed by atoms with van der Waals surface area (Å²) in [6.45, 7) is 3.33. The van der Waals surface area contributed by atoms with Crippen LogP contribution in [0.2, 0.25) is 0 Å². The second-order valence-corrected chi connectivity index (χ2v) is 3.98. The molecule has 0 aromatic heterocycles. The van der Waals surface area contributed by atoms with Gasteiger partial charge in [-0.3, -0.25) is 10.1 Å². The molecule has 0 atom stereocenters. The molecule has 1 rings (SSSR count). The molecular formula is C13H12N2O4. The second-order valence-electron chi connectivity index (χ2n) is 3.98. The first-order valence-electron chi connectivity index (χ1n) is 5.51. The quantitative estimate of drug-likeness (QED) is 0.272. The fourth-order valence-corrected chi connectivity index (χ4v) is 1.31. The normalized spacial score (nSPS) is 10.9. The maximum atomic E-state index is 11.6. The number of carbonyl (C=O) groups is 1. The summed E-state index contributed by atoms with van der Waals surface area (Å²) < 4.78 is 4.89. The zero-order chi connectivity index (χ0) is 14.4. The van der Waals surface area contributed by atoms with Crippen LogP contribution in [0.3, 0.4) is 0 Å². The number of hydrogen-bond acceptors (Lipinski definition) is 5. The van der Waals surface area contributed by atoms with Gasteiger partial charge < -0.3 is 4.74 Å². The van der Waals surface area contributed by atoms with Crippen LogP contribution in [-0.4, -0.2) is 17.0 Å². The van der Waals surface area contributed by atoms with Crippen LogP contribution < -0.4 is 0 Å². The molecule has 0 aliphatic heterocycles. The van der Waals surface area contributed by atoms with E-state index in [1.807, 2.05) is 0 Å². The van der Waals surface area contributed by atoms with Crippen LogP contribution >= 0.6 is 0 Å². The minimum atomic E-state index is -0.746. The lowest BCUT2D eigenvalue weighted by atomic mass is 10.1. The molecule has 1 aromatic rings. The summed E-state index contributed by atoms with van der Waals surface area (Å²) in [5, 5.41) is 19.5. The highest BCUT2D eigenvalue weighted by Gasteiger charge is 2.13. The lowest BCUT2D eigenvalue weighted by Crippen LogP contribution is -2.12. The number of nitriles is 1. The van der Waals surface area contributed by atoms with E-state index in [9.17, 15) is 14.9 Å². The summed E-state index contributed by atoms with van der Waals surface area (Å²) in [4.78, 5) is 21.6. The molecule has 0 radical (unpaired) electrons. The van der Waals surface area contributed by atoms with Crippen molar-refractivity contribution in [1.29, 1.82) is 5.26 Å². The van der Waals surface area contributed by atoms with Crippen molar-refractivity contribution in [2.24, 2.45) is 0 Å². The van der Waals surface area contributed by atoms with E-state index in [4.69, 9.17) is 10.00 Å². The summed E-state index contributed by atoms with van der Waals surface area (Å²) in [6.07, 6.45) is 0.923. The monoisotopic (exact) mass is 260 g/mol. The Balaban J connectivity index is 3.05. The lowest BCUT2D eigenvalue weighted by Gasteiger charge is -2.06. The fraction of sp³-hybridized carbons (Fsp3) is 0.231. The van der Waals surface area contributed by atoms with Crippen molar-refractivity contribution < 1.29 is 14.5 Å². The van der Waals surface area contributed by atoms with Crippen molar-refractivity contribution in [3.05, 3.63) is 45.5 Å². The van der Waals surface area contributed by atoms with Crippen molar-refractivity contribution in [2.75, 3.05) is 0 Å². The highest BCUT2D eigenvalue weighted by atomic mass is 16.6. The number of nitrogens with zero attached hydrogens (tertiary/aromatic N) is 2. The molecule has 6 nitrogen and oxygen atoms in total. The minimum absolute atomic E-state index is 0.108. The minimum Gasteiger partial charge on any atom is -0.459 e. The van der Waals surface area contributed by atoms with Crippen LogP contribution in [0.5, 0.6) is 0 Å². The third kappa shape index (κ3) is 4.24. The number of esters is 1. The van der Waals surface area contributed by atoms with Crippen LogP contribution in [0.1, 0.15) is 19.4 Å². The number of non-ortho nitro benzene ring substituents is 1. The molecule has 0 aliphatic carbocycles. The number of hydrogen-bond donors (Lipinski definition) is 0. The van der Waals surface area contributed by atoms with Gasteiger partial charge in [-0.15, -0.1) is 0 Å². The van der Waals surface area contributed by atoms with E-state index < -0.39 is 10.9 Å². The smallest absolute Gasteiger partial charge is 0.349 e. The SMILES string of the molecule is CC(C)OC(=O)C(C#N)=Cc1cccc([N+](=O)[O-])c1. The lowest BCUT2D eigenvalue weighted by molar-refractivity contribution is -0.384. The Labute approximate surface area is 110 Å². The van der Waals surface area contributed by atoms with Gasteiger partial charge in [-0.1, -0.05) is 12.1 Å². The Hall–Kier alpha value is -2.68. The Bertz CT molecular complexity index is 570. The maximum absolute atomic E-state index is 11.6. The Kier molecular flexibility index (Phi) is 4.77. The van der Waals surface area contributed by atoms with Crippen LogP contribution in [0.25, 0.3) is 6.08 Å². The van der Waals surface area contributed by atoms with Gasteiger partial charge in [0.1, 0.15) is 11.6 Å². The van der Waals surface area contributed by atoms with E-state index in [2.05, 4.69) is 0 Å². The van der Waals surface area contributed by atoms with E-state index in [0.717, 1.165) is 0 Å². The summed E-state index contributed by atoms with van der Waals surface area (Å²) >= 11 is 0. The average Bonchev–Trinajstić information content (AvgIpc) is 2.35. The zero-order valence-electron chi connectivity index (χ0n) is 10.5. The predicted octanol–water partition coefficient (Wildman–Crippen LogP) is 2.45. The number of carbonyl (C=O) groups excluding carboxylic acids is 1. The van der Waals surface area contributed by atoms with Crippen molar-refractivity contribution in [1.82, 2.24) is 0 Å². The Morgan fingerprint density at radius 3 is 2.74 bits per heavy atom. The standard InChI is InChI=1S/C13H12N2O4/c1-9(2)19-13(16)11(8-14)6-10-4-3-5-12(7-10)15(17)18/h3-7,9H,1-2H3. The van der Waals surface area contributed by atoms with E-state index in [0.29, 0.717) is 5.56 Å². The van der Waals surface area contributed by atoms with Gasteiger partial charge in [0.2, 0.25) is 0 Å². The third-order valence-corrected chi connectivity index (χ3v) is 2.08. The van der Waals surface area contributed by atoms with Gasteiger partial charge in [0.05, 0.1) is 11.0 Å². The molecule has 0 unspecified atom stereocenters. The van der Waals surface area contributed by atoms with E-state index in [-0.39, 0.29) is 17.4 Å². The number of benzene rings is 1. The highest BCUT2D eigenvalue weighted by Crippen LogP contribution is 2.16. The molecule has 0 saturated carbocycles. The molecule has 0 N–H and O–H groups in total. The Morgan fingerprint density at radius 2 is 2.21 bits per heavy atom. The summed E-state index contributed by atoms with van der Waals surface area (Å²) in [6, 6.07) is 7.37. The van der Waals surface area contributed by atoms with Crippen molar-refractivity contribution >= 4 is 17.7 Å². The van der Waals surface area contributed by atoms with Crippen LogP contribution in [0.15, 0.2) is 29.8 Å². The largest absolute Gasteiger partial charge is 0.459 e. The van der Waals surface area contributed by atoms with E-state index >= 15 is 0 Å². The van der Waals surface area contributed by atoms with Crippen molar-refractivity contribution in [3.8, 4) is 6.07 Å². The maximum Gasteiger partial charge on any atom is 0.349 e. The predicted molar refractivity (Wildman–Crippen MR) is 67.9 cm³/mol. The van der Waals surface area contributed by atoms with E-state index in [1.54, 1.807) is 26.0 Å².